The van der Waals surface area contributed by atoms with Crippen LogP contribution in [0.4, 0.5) is 10.5 Å². The van der Waals surface area contributed by atoms with Gasteiger partial charge in [0, 0.05) is 19.2 Å². The maximum atomic E-state index is 11.6. The molecule has 0 radical (unpaired) electrons. The molecule has 9 heteroatoms. The Kier molecular flexibility index (Phi) is 5.51. The third kappa shape index (κ3) is 4.96. The topological polar surface area (TPSA) is 139 Å². The summed E-state index contributed by atoms with van der Waals surface area (Å²) in [4.78, 5) is 33.2. The highest BCUT2D eigenvalue weighted by molar-refractivity contribution is 5.92. The number of carboxylic acid groups (broad SMARTS) is 1. The van der Waals surface area contributed by atoms with E-state index in [1.807, 2.05) is 6.92 Å². The lowest BCUT2D eigenvalue weighted by molar-refractivity contribution is -0.139. The van der Waals surface area contributed by atoms with Crippen molar-refractivity contribution in [1.82, 2.24) is 15.1 Å². The standard InChI is InChI=1S/C11H17N5O4/c1-2-16-6-7(5-13-16)14-11(20)15-8(10(18)19)3-4-9(12)17/h5-6,8H,2-4H2,1H3,(H2,12,17)(H,18,19)(H2,14,15,20)/t8-/m0/s1. The fourth-order valence-corrected chi connectivity index (χ4v) is 1.47. The highest BCUT2D eigenvalue weighted by Crippen LogP contribution is 2.05. The fraction of sp³-hybridized carbons (Fsp3) is 0.455. The summed E-state index contributed by atoms with van der Waals surface area (Å²) < 4.78 is 1.61. The van der Waals surface area contributed by atoms with E-state index >= 15 is 0 Å². The van der Waals surface area contributed by atoms with Crippen molar-refractivity contribution in [2.45, 2.75) is 32.4 Å². The van der Waals surface area contributed by atoms with Crippen molar-refractivity contribution in [3.05, 3.63) is 12.4 Å². The molecule has 1 heterocycles. The van der Waals surface area contributed by atoms with Crippen LogP contribution >= 0.6 is 0 Å². The summed E-state index contributed by atoms with van der Waals surface area (Å²) in [5.41, 5.74) is 5.39. The molecule has 0 saturated carbocycles. The summed E-state index contributed by atoms with van der Waals surface area (Å²) in [5, 5.41) is 17.6. The smallest absolute Gasteiger partial charge is 0.326 e. The Bertz CT molecular complexity index is 499. The number of hydrogen-bond acceptors (Lipinski definition) is 4. The van der Waals surface area contributed by atoms with E-state index in [4.69, 9.17) is 10.8 Å². The highest BCUT2D eigenvalue weighted by atomic mass is 16.4. The fourth-order valence-electron chi connectivity index (χ4n) is 1.47. The van der Waals surface area contributed by atoms with Crippen LogP contribution in [0.5, 0.6) is 0 Å². The number of carbonyl (C=O) groups excluding carboxylic acids is 2. The molecule has 3 amide bonds. The second-order valence-electron chi connectivity index (χ2n) is 4.08. The third-order valence-corrected chi connectivity index (χ3v) is 2.50. The molecule has 110 valence electrons. The zero-order valence-corrected chi connectivity index (χ0v) is 11.0. The van der Waals surface area contributed by atoms with Crippen molar-refractivity contribution in [3.63, 3.8) is 0 Å². The van der Waals surface area contributed by atoms with E-state index < -0.39 is 23.9 Å². The summed E-state index contributed by atoms with van der Waals surface area (Å²) in [6.45, 7) is 2.54. The largest absolute Gasteiger partial charge is 0.480 e. The minimum atomic E-state index is -1.23. The van der Waals surface area contributed by atoms with Crippen LogP contribution in [0.1, 0.15) is 19.8 Å². The van der Waals surface area contributed by atoms with Gasteiger partial charge in [0.25, 0.3) is 0 Å². The lowest BCUT2D eigenvalue weighted by Crippen LogP contribution is -2.43. The minimum Gasteiger partial charge on any atom is -0.480 e. The van der Waals surface area contributed by atoms with Gasteiger partial charge in [-0.05, 0) is 13.3 Å². The summed E-state index contributed by atoms with van der Waals surface area (Å²) in [7, 11) is 0. The molecule has 20 heavy (non-hydrogen) atoms. The van der Waals surface area contributed by atoms with Gasteiger partial charge in [-0.15, -0.1) is 0 Å². The summed E-state index contributed by atoms with van der Waals surface area (Å²) in [5.74, 6) is -1.85. The van der Waals surface area contributed by atoms with Crippen molar-refractivity contribution in [1.29, 1.82) is 0 Å². The van der Waals surface area contributed by atoms with E-state index in [-0.39, 0.29) is 12.8 Å². The molecule has 1 aromatic heterocycles. The number of anilines is 1. The van der Waals surface area contributed by atoms with E-state index in [1.165, 1.54) is 6.20 Å². The first-order valence-corrected chi connectivity index (χ1v) is 6.03. The maximum absolute atomic E-state index is 11.6. The van der Waals surface area contributed by atoms with Crippen LogP contribution in [-0.2, 0) is 16.1 Å². The monoisotopic (exact) mass is 283 g/mol. The van der Waals surface area contributed by atoms with Crippen LogP contribution < -0.4 is 16.4 Å². The first kappa shape index (κ1) is 15.5. The van der Waals surface area contributed by atoms with Crippen LogP contribution in [0, 0.1) is 0 Å². The molecular weight excluding hydrogens is 266 g/mol. The Morgan fingerprint density at radius 3 is 2.70 bits per heavy atom. The number of nitrogens with one attached hydrogen (secondary N) is 2. The van der Waals surface area contributed by atoms with Gasteiger partial charge >= 0.3 is 12.0 Å². The molecule has 5 N–H and O–H groups in total. The number of carboxylic acids is 1. The van der Waals surface area contributed by atoms with Gasteiger partial charge in [0.05, 0.1) is 11.9 Å². The molecule has 1 rings (SSSR count). The lowest BCUT2D eigenvalue weighted by Gasteiger charge is -2.13. The van der Waals surface area contributed by atoms with Gasteiger partial charge < -0.3 is 21.5 Å². The predicted molar refractivity (Wildman–Crippen MR) is 69.9 cm³/mol. The van der Waals surface area contributed by atoms with E-state index in [2.05, 4.69) is 15.7 Å². The van der Waals surface area contributed by atoms with E-state index in [0.29, 0.717) is 12.2 Å². The number of rotatable bonds is 7. The molecule has 0 bridgehead atoms. The van der Waals surface area contributed by atoms with Crippen LogP contribution in [0.2, 0.25) is 0 Å². The lowest BCUT2D eigenvalue weighted by atomic mass is 10.1. The summed E-state index contributed by atoms with van der Waals surface area (Å²) in [6, 6.07) is -1.86. The van der Waals surface area contributed by atoms with Gasteiger partial charge in [0.2, 0.25) is 5.91 Å². The first-order chi connectivity index (χ1) is 9.42. The number of urea groups is 1. The Hall–Kier alpha value is -2.58. The quantitative estimate of drug-likeness (QED) is 0.546. The number of primary amides is 1. The molecule has 0 aliphatic carbocycles. The molecule has 0 aromatic carbocycles. The molecule has 0 spiro atoms. The minimum absolute atomic E-state index is 0.0632. The van der Waals surface area contributed by atoms with Crippen LogP contribution in [0.15, 0.2) is 12.4 Å². The predicted octanol–water partition coefficient (Wildman–Crippen LogP) is -0.257. The van der Waals surface area contributed by atoms with E-state index in [0.717, 1.165) is 0 Å². The van der Waals surface area contributed by atoms with E-state index in [9.17, 15) is 14.4 Å². The average Bonchev–Trinajstić information content (AvgIpc) is 2.81. The number of carbonyl (C=O) groups is 3. The Labute approximate surface area is 115 Å². The molecule has 9 nitrogen and oxygen atoms in total. The second kappa shape index (κ2) is 7.12. The maximum Gasteiger partial charge on any atom is 0.326 e. The number of nitrogens with zero attached hydrogens (tertiary/aromatic N) is 2. The molecule has 0 saturated heterocycles. The zero-order valence-electron chi connectivity index (χ0n) is 11.0. The second-order valence-corrected chi connectivity index (χ2v) is 4.08. The van der Waals surface area contributed by atoms with E-state index in [1.54, 1.807) is 10.9 Å². The van der Waals surface area contributed by atoms with Crippen LogP contribution in [0.25, 0.3) is 0 Å². The van der Waals surface area contributed by atoms with Crippen molar-refractivity contribution >= 4 is 23.6 Å². The zero-order chi connectivity index (χ0) is 15.1. The van der Waals surface area contributed by atoms with Crippen molar-refractivity contribution in [3.8, 4) is 0 Å². The summed E-state index contributed by atoms with van der Waals surface area (Å²) >= 11 is 0. The number of nitrogens with two attached hydrogens (primary N) is 1. The van der Waals surface area contributed by atoms with Gasteiger partial charge in [-0.2, -0.15) is 5.10 Å². The molecule has 1 atom stereocenters. The number of hydrogen-bond donors (Lipinski definition) is 4. The number of aromatic nitrogens is 2. The van der Waals surface area contributed by atoms with Gasteiger partial charge in [0.15, 0.2) is 0 Å². The first-order valence-electron chi connectivity index (χ1n) is 6.03. The number of aliphatic carboxylic acids is 1. The van der Waals surface area contributed by atoms with Crippen molar-refractivity contribution in [2.75, 3.05) is 5.32 Å². The highest BCUT2D eigenvalue weighted by Gasteiger charge is 2.20. The van der Waals surface area contributed by atoms with Crippen molar-refractivity contribution < 1.29 is 19.5 Å². The molecule has 0 unspecified atom stereocenters. The average molecular weight is 283 g/mol. The molecule has 0 fully saturated rings. The van der Waals surface area contributed by atoms with Crippen LogP contribution in [-0.4, -0.2) is 38.8 Å². The number of aryl methyl sites for hydroxylation is 1. The van der Waals surface area contributed by atoms with Gasteiger partial charge in [-0.25, -0.2) is 9.59 Å². The molecule has 0 aliphatic heterocycles. The van der Waals surface area contributed by atoms with Gasteiger partial charge in [-0.1, -0.05) is 0 Å². The SMILES string of the molecule is CCn1cc(NC(=O)N[C@@H](CCC(N)=O)C(=O)O)cn1. The molecular formula is C11H17N5O4. The van der Waals surface area contributed by atoms with Crippen LogP contribution in [0.3, 0.4) is 0 Å². The Morgan fingerprint density at radius 1 is 1.50 bits per heavy atom. The summed E-state index contributed by atoms with van der Waals surface area (Å²) in [6.07, 6.45) is 2.87. The van der Waals surface area contributed by atoms with Gasteiger partial charge in [0.1, 0.15) is 6.04 Å². The number of amides is 3. The molecule has 1 aromatic rings. The normalized spacial score (nSPS) is 11.7. The Balaban J connectivity index is 2.52. The van der Waals surface area contributed by atoms with Crippen molar-refractivity contribution in [2.24, 2.45) is 5.73 Å². The van der Waals surface area contributed by atoms with Gasteiger partial charge in [-0.3, -0.25) is 9.48 Å². The molecule has 0 aliphatic rings. The Morgan fingerprint density at radius 2 is 2.20 bits per heavy atom. The third-order valence-electron chi connectivity index (χ3n) is 2.50.